The highest BCUT2D eigenvalue weighted by Gasteiger charge is 2.26. The maximum Gasteiger partial charge on any atom is 0.226 e. The molecule has 0 radical (unpaired) electrons. The quantitative estimate of drug-likeness (QED) is 0.444. The first-order valence-corrected chi connectivity index (χ1v) is 10.6. The van der Waals surface area contributed by atoms with Gasteiger partial charge in [0, 0.05) is 13.0 Å². The molecule has 0 saturated heterocycles. The van der Waals surface area contributed by atoms with E-state index in [9.17, 15) is 0 Å². The van der Waals surface area contributed by atoms with Crippen molar-refractivity contribution in [3.05, 3.63) is 41.9 Å². The molecule has 5 N–H and O–H groups in total. The van der Waals surface area contributed by atoms with Crippen LogP contribution in [0.25, 0.3) is 5.70 Å². The molecule has 2 aliphatic rings. The van der Waals surface area contributed by atoms with Crippen LogP contribution in [0.5, 0.6) is 5.75 Å². The SMILES string of the molecule is CN(N)/C(CNc1ncnc(C2CC2)n1)=C(\N)c1ccc(OC2CCCCC2)cn1. The Kier molecular flexibility index (Phi) is 6.27. The van der Waals surface area contributed by atoms with Gasteiger partial charge in [-0.25, -0.2) is 15.8 Å². The normalized spacial score (nSPS) is 17.9. The van der Waals surface area contributed by atoms with Crippen molar-refractivity contribution in [2.24, 2.45) is 11.6 Å². The molecule has 0 amide bonds. The van der Waals surface area contributed by atoms with Gasteiger partial charge < -0.3 is 20.8 Å². The summed E-state index contributed by atoms with van der Waals surface area (Å²) < 4.78 is 6.05. The van der Waals surface area contributed by atoms with Gasteiger partial charge in [0.15, 0.2) is 0 Å². The molecule has 2 aromatic rings. The summed E-state index contributed by atoms with van der Waals surface area (Å²) in [6, 6.07) is 3.78. The van der Waals surface area contributed by atoms with Crippen LogP contribution in [0.1, 0.15) is 62.4 Å². The number of rotatable bonds is 8. The number of nitrogens with two attached hydrogens (primary N) is 2. The van der Waals surface area contributed by atoms with E-state index in [1.165, 1.54) is 30.6 Å². The molecule has 2 aromatic heterocycles. The van der Waals surface area contributed by atoms with Gasteiger partial charge in [-0.3, -0.25) is 4.98 Å². The van der Waals surface area contributed by atoms with Gasteiger partial charge in [0.05, 0.1) is 35.9 Å². The van der Waals surface area contributed by atoms with Crippen molar-refractivity contribution in [2.75, 3.05) is 18.9 Å². The summed E-state index contributed by atoms with van der Waals surface area (Å²) in [5.41, 5.74) is 8.22. The van der Waals surface area contributed by atoms with E-state index in [1.54, 1.807) is 13.2 Å². The standard InChI is InChI=1S/C21H30N8O/c1-29(23)18(12-25-21-27-13-26-20(28-21)14-7-8-14)19(22)17-10-9-16(11-24-17)30-15-5-3-2-4-6-15/h9-11,13-15H,2-8,12,22-23H2,1H3,(H,25,26,27,28)/b19-18-. The Morgan fingerprint density at radius 1 is 1.13 bits per heavy atom. The molecule has 0 bridgehead atoms. The fourth-order valence-corrected chi connectivity index (χ4v) is 3.64. The third kappa shape index (κ3) is 5.15. The molecule has 160 valence electrons. The minimum Gasteiger partial charge on any atom is -0.489 e. The van der Waals surface area contributed by atoms with Crippen molar-refractivity contribution in [1.29, 1.82) is 0 Å². The Balaban J connectivity index is 1.43. The van der Waals surface area contributed by atoms with Gasteiger partial charge >= 0.3 is 0 Å². The lowest BCUT2D eigenvalue weighted by molar-refractivity contribution is 0.154. The van der Waals surface area contributed by atoms with Gasteiger partial charge in [0.1, 0.15) is 17.9 Å². The molecular formula is C21H30N8O. The molecule has 4 rings (SSSR count). The summed E-state index contributed by atoms with van der Waals surface area (Å²) in [4.78, 5) is 17.4. The van der Waals surface area contributed by atoms with Crippen molar-refractivity contribution >= 4 is 11.6 Å². The largest absolute Gasteiger partial charge is 0.489 e. The predicted molar refractivity (Wildman–Crippen MR) is 115 cm³/mol. The average Bonchev–Trinajstić information content (AvgIpc) is 3.61. The van der Waals surface area contributed by atoms with Crippen LogP contribution in [-0.4, -0.2) is 44.6 Å². The van der Waals surface area contributed by atoms with E-state index in [1.807, 2.05) is 12.1 Å². The zero-order chi connectivity index (χ0) is 20.9. The highest BCUT2D eigenvalue weighted by Crippen LogP contribution is 2.37. The van der Waals surface area contributed by atoms with Gasteiger partial charge in [-0.2, -0.15) is 4.98 Å². The predicted octanol–water partition coefficient (Wildman–Crippen LogP) is 2.40. The molecule has 2 fully saturated rings. The van der Waals surface area contributed by atoms with Crippen LogP contribution in [0.15, 0.2) is 30.4 Å². The van der Waals surface area contributed by atoms with Gasteiger partial charge in [-0.15, -0.1) is 0 Å². The van der Waals surface area contributed by atoms with Crippen molar-refractivity contribution in [2.45, 2.75) is 57.0 Å². The van der Waals surface area contributed by atoms with Crippen LogP contribution >= 0.6 is 0 Å². The number of nitrogens with one attached hydrogen (secondary N) is 1. The van der Waals surface area contributed by atoms with E-state index in [-0.39, 0.29) is 6.10 Å². The summed E-state index contributed by atoms with van der Waals surface area (Å²) >= 11 is 0. The average molecular weight is 411 g/mol. The van der Waals surface area contributed by atoms with Crippen molar-refractivity contribution in [1.82, 2.24) is 24.9 Å². The molecule has 30 heavy (non-hydrogen) atoms. The number of anilines is 1. The number of hydrogen-bond donors (Lipinski definition) is 3. The first-order valence-electron chi connectivity index (χ1n) is 10.6. The van der Waals surface area contributed by atoms with Gasteiger partial charge in [0.25, 0.3) is 0 Å². The minimum absolute atomic E-state index is 0.287. The molecule has 0 spiro atoms. The number of aromatic nitrogens is 4. The van der Waals surface area contributed by atoms with Crippen LogP contribution in [0.3, 0.4) is 0 Å². The maximum atomic E-state index is 6.39. The molecule has 0 aromatic carbocycles. The molecule has 2 heterocycles. The van der Waals surface area contributed by atoms with E-state index >= 15 is 0 Å². The lowest BCUT2D eigenvalue weighted by Gasteiger charge is -2.23. The third-order valence-corrected chi connectivity index (χ3v) is 5.55. The second-order valence-corrected chi connectivity index (χ2v) is 8.02. The minimum atomic E-state index is 0.287. The summed E-state index contributed by atoms with van der Waals surface area (Å²) in [6.45, 7) is 0.370. The van der Waals surface area contributed by atoms with E-state index in [0.717, 1.165) is 37.3 Å². The fourth-order valence-electron chi connectivity index (χ4n) is 3.64. The first kappa shape index (κ1) is 20.3. The van der Waals surface area contributed by atoms with Gasteiger partial charge in [-0.05, 0) is 50.7 Å². The maximum absolute atomic E-state index is 6.39. The van der Waals surface area contributed by atoms with Crippen LogP contribution in [0.4, 0.5) is 5.95 Å². The number of likely N-dealkylation sites (N-methyl/N-ethyl adjacent to an activating group) is 1. The number of ether oxygens (including phenoxy) is 1. The van der Waals surface area contributed by atoms with Gasteiger partial charge in [0.2, 0.25) is 5.95 Å². The summed E-state index contributed by atoms with van der Waals surface area (Å²) in [5.74, 6) is 8.62. The van der Waals surface area contributed by atoms with E-state index in [2.05, 4.69) is 25.3 Å². The Bertz CT molecular complexity index is 873. The zero-order valence-electron chi connectivity index (χ0n) is 17.4. The molecule has 0 aliphatic heterocycles. The topological polar surface area (TPSA) is 128 Å². The Morgan fingerprint density at radius 2 is 1.93 bits per heavy atom. The lowest BCUT2D eigenvalue weighted by atomic mass is 9.98. The van der Waals surface area contributed by atoms with Gasteiger partial charge in [-0.1, -0.05) is 6.42 Å². The Labute approximate surface area is 176 Å². The molecule has 9 nitrogen and oxygen atoms in total. The van der Waals surface area contributed by atoms with Crippen molar-refractivity contribution in [3.8, 4) is 5.75 Å². The number of nitrogens with zero attached hydrogens (tertiary/aromatic N) is 5. The molecule has 2 aliphatic carbocycles. The fraction of sp³-hybridized carbons (Fsp3) is 0.524. The monoisotopic (exact) mass is 410 g/mol. The summed E-state index contributed by atoms with van der Waals surface area (Å²) in [7, 11) is 1.74. The molecule has 9 heteroatoms. The Hall–Kier alpha value is -2.94. The summed E-state index contributed by atoms with van der Waals surface area (Å²) in [6.07, 6.45) is 11.8. The highest BCUT2D eigenvalue weighted by molar-refractivity contribution is 5.63. The van der Waals surface area contributed by atoms with Crippen LogP contribution in [0, 0.1) is 0 Å². The van der Waals surface area contributed by atoms with Crippen molar-refractivity contribution in [3.63, 3.8) is 0 Å². The summed E-state index contributed by atoms with van der Waals surface area (Å²) in [5, 5.41) is 4.68. The molecular weight excluding hydrogens is 380 g/mol. The van der Waals surface area contributed by atoms with Crippen LogP contribution in [-0.2, 0) is 0 Å². The lowest BCUT2D eigenvalue weighted by Crippen LogP contribution is -2.32. The second kappa shape index (κ2) is 9.25. The third-order valence-electron chi connectivity index (χ3n) is 5.55. The zero-order valence-corrected chi connectivity index (χ0v) is 17.4. The second-order valence-electron chi connectivity index (χ2n) is 8.02. The van der Waals surface area contributed by atoms with Crippen LogP contribution < -0.4 is 21.6 Å². The van der Waals surface area contributed by atoms with Crippen molar-refractivity contribution < 1.29 is 4.74 Å². The molecule has 0 unspecified atom stereocenters. The highest BCUT2D eigenvalue weighted by atomic mass is 16.5. The first-order chi connectivity index (χ1) is 14.6. The number of hydrazine groups is 1. The smallest absolute Gasteiger partial charge is 0.226 e. The van der Waals surface area contributed by atoms with E-state index < -0.39 is 0 Å². The molecule has 0 atom stereocenters. The van der Waals surface area contributed by atoms with E-state index in [0.29, 0.717) is 35.5 Å². The number of hydrogen-bond acceptors (Lipinski definition) is 9. The van der Waals surface area contributed by atoms with E-state index in [4.69, 9.17) is 16.3 Å². The molecule has 2 saturated carbocycles. The number of pyridine rings is 1. The van der Waals surface area contributed by atoms with Crippen LogP contribution in [0.2, 0.25) is 0 Å². The Morgan fingerprint density at radius 3 is 2.60 bits per heavy atom.